The zero-order valence-electron chi connectivity index (χ0n) is 7.13. The van der Waals surface area contributed by atoms with Gasteiger partial charge in [0, 0.05) is 0 Å². The molecule has 0 atom stereocenters. The molecule has 0 aliphatic heterocycles. The topological polar surface area (TPSA) is 132 Å². The van der Waals surface area contributed by atoms with Gasteiger partial charge in [0.15, 0.2) is 23.0 Å². The molecule has 0 fully saturated rings. The van der Waals surface area contributed by atoms with E-state index < -0.39 is 36.4 Å². The minimum absolute atomic E-state index is 0. The second-order valence-corrected chi connectivity index (χ2v) is 2.48. The summed E-state index contributed by atoms with van der Waals surface area (Å²) in [6.45, 7) is 0. The Morgan fingerprint density at radius 2 is 1.20 bits per heavy atom. The molecule has 0 aromatic carbocycles. The van der Waals surface area contributed by atoms with Crippen molar-refractivity contribution in [1.82, 2.24) is 0 Å². The van der Waals surface area contributed by atoms with Gasteiger partial charge >= 0.3 is 42.3 Å². The standard InChI is InChI=1S/C6H8O7.Al.Sb.6H/c7-3(8)1-6(13,5(11)12)2-4(9)10;;;;;;;;/h13H,1-2H2,(H,7,8)(H,9,10)(H,11,12);;;;;;;;. The third-order valence-electron chi connectivity index (χ3n) is 1.29. The van der Waals surface area contributed by atoms with Gasteiger partial charge in [0.25, 0.3) is 0 Å². The Morgan fingerprint density at radius 3 is 1.33 bits per heavy atom. The van der Waals surface area contributed by atoms with E-state index in [9.17, 15) is 14.4 Å². The summed E-state index contributed by atoms with van der Waals surface area (Å²) in [5.74, 6) is -5.02. The third-order valence-corrected chi connectivity index (χ3v) is 1.29. The molecule has 0 radical (unpaired) electrons. The Hall–Kier alpha value is -0.279. The summed E-state index contributed by atoms with van der Waals surface area (Å²) >= 11 is 0. The molecule has 9 heteroatoms. The Labute approximate surface area is 113 Å². The molecular formula is C6H14AlO7Sb. The number of hydrogen-bond acceptors (Lipinski definition) is 4. The van der Waals surface area contributed by atoms with Crippen LogP contribution in [-0.2, 0) is 14.4 Å². The number of aliphatic hydroxyl groups is 1. The second-order valence-electron chi connectivity index (χ2n) is 2.48. The van der Waals surface area contributed by atoms with E-state index in [0.29, 0.717) is 0 Å². The Kier molecular flexibility index (Phi) is 10.7. The Bertz CT molecular complexity index is 238. The first-order valence-corrected chi connectivity index (χ1v) is 3.17. The molecule has 0 spiro atoms. The van der Waals surface area contributed by atoms with Gasteiger partial charge in [-0.25, -0.2) is 4.79 Å². The van der Waals surface area contributed by atoms with E-state index in [1.54, 1.807) is 0 Å². The summed E-state index contributed by atoms with van der Waals surface area (Å²) in [5.41, 5.74) is -2.74. The van der Waals surface area contributed by atoms with Gasteiger partial charge in [-0.2, -0.15) is 0 Å². The molecule has 0 bridgehead atoms. The summed E-state index contributed by atoms with van der Waals surface area (Å²) in [4.78, 5) is 30.5. The number of hydrogen-bond donors (Lipinski definition) is 4. The first-order valence-electron chi connectivity index (χ1n) is 3.17. The first-order chi connectivity index (χ1) is 5.78. The summed E-state index contributed by atoms with van der Waals surface area (Å²) in [6, 6.07) is 0. The molecule has 0 saturated heterocycles. The van der Waals surface area contributed by atoms with Gasteiger partial charge in [0.05, 0.1) is 12.8 Å². The van der Waals surface area contributed by atoms with Gasteiger partial charge in [-0.15, -0.1) is 0 Å². The van der Waals surface area contributed by atoms with Crippen molar-refractivity contribution in [2.75, 3.05) is 0 Å². The van der Waals surface area contributed by atoms with Crippen molar-refractivity contribution in [3.63, 3.8) is 0 Å². The second kappa shape index (κ2) is 7.94. The molecule has 88 valence electrons. The van der Waals surface area contributed by atoms with Gasteiger partial charge in [0.2, 0.25) is 0 Å². The van der Waals surface area contributed by atoms with Gasteiger partial charge in [0.1, 0.15) is 0 Å². The molecule has 0 saturated carbocycles. The monoisotopic (exact) mass is 346 g/mol. The van der Waals surface area contributed by atoms with Crippen LogP contribution in [0.5, 0.6) is 0 Å². The van der Waals surface area contributed by atoms with Crippen LogP contribution in [-0.4, -0.2) is 85.7 Å². The van der Waals surface area contributed by atoms with Crippen molar-refractivity contribution in [3.05, 3.63) is 0 Å². The van der Waals surface area contributed by atoms with E-state index in [2.05, 4.69) is 0 Å². The van der Waals surface area contributed by atoms with Crippen molar-refractivity contribution < 1.29 is 34.8 Å². The van der Waals surface area contributed by atoms with Crippen LogP contribution < -0.4 is 0 Å². The zero-order valence-corrected chi connectivity index (χ0v) is 11.2. The van der Waals surface area contributed by atoms with E-state index in [1.165, 1.54) is 0 Å². The molecular weight excluding hydrogens is 333 g/mol. The van der Waals surface area contributed by atoms with Crippen molar-refractivity contribution in [3.8, 4) is 0 Å². The Balaban J connectivity index is -0.000000720. The summed E-state index contributed by atoms with van der Waals surface area (Å²) < 4.78 is 0. The van der Waals surface area contributed by atoms with Crippen molar-refractivity contribution in [2.45, 2.75) is 18.4 Å². The minimum atomic E-state index is -2.74. The average molecular weight is 347 g/mol. The van der Waals surface area contributed by atoms with E-state index in [-0.39, 0.29) is 41.8 Å². The normalized spacial score (nSPS) is 9.40. The molecule has 0 heterocycles. The van der Waals surface area contributed by atoms with E-state index in [1.807, 2.05) is 0 Å². The van der Waals surface area contributed by atoms with Crippen LogP contribution in [0.15, 0.2) is 0 Å². The van der Waals surface area contributed by atoms with Gasteiger partial charge in [-0.05, 0) is 0 Å². The van der Waals surface area contributed by atoms with Gasteiger partial charge < -0.3 is 20.4 Å². The molecule has 0 amide bonds. The summed E-state index contributed by atoms with van der Waals surface area (Å²) in [7, 11) is 0. The zero-order chi connectivity index (χ0) is 10.6. The molecule has 7 nitrogen and oxygen atoms in total. The van der Waals surface area contributed by atoms with Gasteiger partial charge in [-0.1, -0.05) is 0 Å². The number of carboxylic acid groups (broad SMARTS) is 3. The van der Waals surface area contributed by atoms with Gasteiger partial charge in [-0.3, -0.25) is 9.59 Å². The summed E-state index contributed by atoms with van der Waals surface area (Å²) in [6.07, 6.45) is -2.29. The number of carboxylic acids is 3. The number of aliphatic carboxylic acids is 3. The van der Waals surface area contributed by atoms with Crippen LogP contribution in [0.25, 0.3) is 0 Å². The SMILES string of the molecule is O=C(O)CC(O)(CC(=O)O)C(=O)O.[AlH3].[SbH3]. The molecule has 15 heavy (non-hydrogen) atoms. The van der Waals surface area contributed by atoms with Crippen LogP contribution in [0, 0.1) is 0 Å². The fourth-order valence-corrected chi connectivity index (χ4v) is 0.714. The van der Waals surface area contributed by atoms with Crippen molar-refractivity contribution >= 4 is 59.7 Å². The molecule has 0 aliphatic rings. The van der Waals surface area contributed by atoms with E-state index in [4.69, 9.17) is 20.4 Å². The molecule has 0 aromatic heterocycles. The van der Waals surface area contributed by atoms with Crippen LogP contribution in [0.2, 0.25) is 0 Å². The van der Waals surface area contributed by atoms with Crippen LogP contribution in [0.1, 0.15) is 12.8 Å². The fraction of sp³-hybridized carbons (Fsp3) is 0.500. The van der Waals surface area contributed by atoms with Crippen LogP contribution in [0.4, 0.5) is 0 Å². The molecule has 4 N–H and O–H groups in total. The maximum atomic E-state index is 10.3. The number of rotatable bonds is 5. The molecule has 0 rings (SSSR count). The van der Waals surface area contributed by atoms with E-state index >= 15 is 0 Å². The maximum absolute atomic E-state index is 10.3. The first kappa shape index (κ1) is 20.2. The molecule has 0 unspecified atom stereocenters. The third kappa shape index (κ3) is 7.63. The van der Waals surface area contributed by atoms with Crippen LogP contribution >= 0.6 is 0 Å². The Morgan fingerprint density at radius 1 is 0.933 bits per heavy atom. The number of carbonyl (C=O) groups is 3. The summed E-state index contributed by atoms with van der Waals surface area (Å²) in [5, 5.41) is 33.8. The van der Waals surface area contributed by atoms with Crippen molar-refractivity contribution in [2.24, 2.45) is 0 Å². The average Bonchev–Trinajstić information content (AvgIpc) is 1.82. The van der Waals surface area contributed by atoms with Crippen LogP contribution in [0.3, 0.4) is 0 Å². The quantitative estimate of drug-likeness (QED) is 0.378. The van der Waals surface area contributed by atoms with E-state index in [0.717, 1.165) is 0 Å². The van der Waals surface area contributed by atoms with Crippen molar-refractivity contribution in [1.29, 1.82) is 0 Å². The molecule has 0 aromatic rings. The predicted octanol–water partition coefficient (Wildman–Crippen LogP) is -3.62. The molecule has 0 aliphatic carbocycles. The predicted molar refractivity (Wildman–Crippen MR) is 57.0 cm³/mol. The fourth-order valence-electron chi connectivity index (χ4n) is 0.714.